The number of rotatable bonds is 5. The van der Waals surface area contributed by atoms with E-state index in [0.717, 1.165) is 12.8 Å². The lowest BCUT2D eigenvalue weighted by Gasteiger charge is -2.06. The van der Waals surface area contributed by atoms with Gasteiger partial charge < -0.3 is 10.3 Å². The highest BCUT2D eigenvalue weighted by atomic mass is 16.5. The van der Waals surface area contributed by atoms with Crippen molar-refractivity contribution in [3.8, 4) is 0 Å². The molecule has 1 heterocycles. The minimum Gasteiger partial charge on any atom is -0.460 e. The number of esters is 1. The molecule has 0 amide bonds. The highest BCUT2D eigenvalue weighted by Gasteiger charge is 2.34. The third-order valence-electron chi connectivity index (χ3n) is 2.40. The van der Waals surface area contributed by atoms with Gasteiger partial charge in [0, 0.05) is 17.8 Å². The van der Waals surface area contributed by atoms with Gasteiger partial charge >= 0.3 is 11.7 Å². The summed E-state index contributed by atoms with van der Waals surface area (Å²) in [5, 5.41) is 0. The summed E-state index contributed by atoms with van der Waals surface area (Å²) in [5.74, 6) is -2.05. The molecule has 6 nitrogen and oxygen atoms in total. The standard InChI is InChI=1S/C12H13N3O3/c1-8(7-9-5-3-4-6-14-9)11(16)10(15-13)12(17)18-2/h3-6,8H,7H2,1-2H3. The van der Waals surface area contributed by atoms with Gasteiger partial charge in [0.1, 0.15) is 0 Å². The Balaban J connectivity index is 2.78. The Labute approximate surface area is 104 Å². The van der Waals surface area contributed by atoms with Gasteiger partial charge in [-0.05, 0) is 18.6 Å². The van der Waals surface area contributed by atoms with E-state index >= 15 is 0 Å². The number of nitrogens with zero attached hydrogens (tertiary/aromatic N) is 3. The van der Waals surface area contributed by atoms with E-state index in [1.165, 1.54) is 0 Å². The maximum absolute atomic E-state index is 11.9. The molecular weight excluding hydrogens is 234 g/mol. The van der Waals surface area contributed by atoms with Gasteiger partial charge in [0.15, 0.2) is 0 Å². The molecule has 1 aromatic rings. The fourth-order valence-corrected chi connectivity index (χ4v) is 1.45. The number of methoxy groups -OCH3 is 1. The summed E-state index contributed by atoms with van der Waals surface area (Å²) in [4.78, 5) is 29.8. The molecule has 0 spiro atoms. The summed E-state index contributed by atoms with van der Waals surface area (Å²) in [5.41, 5.74) is 8.79. The molecule has 1 rings (SSSR count). The second-order valence-corrected chi connectivity index (χ2v) is 3.73. The molecule has 0 aliphatic carbocycles. The molecular formula is C12H13N3O3. The number of aromatic nitrogens is 1. The topological polar surface area (TPSA) is 92.7 Å². The number of carbonyl (C=O) groups excluding carboxylic acids is 2. The molecule has 1 unspecified atom stereocenters. The smallest absolute Gasteiger partial charge is 0.441 e. The molecule has 0 radical (unpaired) electrons. The van der Waals surface area contributed by atoms with Gasteiger partial charge in [0.25, 0.3) is 5.78 Å². The van der Waals surface area contributed by atoms with Crippen molar-refractivity contribution in [1.29, 1.82) is 0 Å². The number of pyridine rings is 1. The second kappa shape index (κ2) is 6.42. The van der Waals surface area contributed by atoms with Crippen molar-refractivity contribution < 1.29 is 19.1 Å². The van der Waals surface area contributed by atoms with Crippen LogP contribution in [0, 0.1) is 5.92 Å². The van der Waals surface area contributed by atoms with Crippen molar-refractivity contribution >= 4 is 17.5 Å². The lowest BCUT2D eigenvalue weighted by Crippen LogP contribution is -2.32. The number of ketones is 1. The number of carbonyl (C=O) groups is 2. The Morgan fingerprint density at radius 3 is 2.72 bits per heavy atom. The molecule has 0 fully saturated rings. The predicted octanol–water partition coefficient (Wildman–Crippen LogP) is 0.673. The number of ether oxygens (including phenoxy) is 1. The van der Waals surface area contributed by atoms with Crippen molar-refractivity contribution in [2.24, 2.45) is 5.92 Å². The zero-order chi connectivity index (χ0) is 13.5. The quantitative estimate of drug-likeness (QED) is 0.251. The zero-order valence-electron chi connectivity index (χ0n) is 10.2. The molecule has 0 saturated heterocycles. The van der Waals surface area contributed by atoms with Gasteiger partial charge in [0.2, 0.25) is 0 Å². The molecule has 0 aromatic carbocycles. The SMILES string of the molecule is COC(=O)C(=[N+]=[N-])C(=O)C(C)Cc1ccccn1. The first-order valence-electron chi connectivity index (χ1n) is 5.34. The normalized spacial score (nSPS) is 11.2. The third-order valence-corrected chi connectivity index (χ3v) is 2.40. The van der Waals surface area contributed by atoms with E-state index < -0.39 is 23.4 Å². The Kier molecular flexibility index (Phi) is 4.90. The van der Waals surface area contributed by atoms with Gasteiger partial charge in [0.05, 0.1) is 7.11 Å². The highest BCUT2D eigenvalue weighted by Crippen LogP contribution is 2.07. The molecule has 0 aliphatic rings. The Morgan fingerprint density at radius 2 is 2.22 bits per heavy atom. The largest absolute Gasteiger partial charge is 0.460 e. The third kappa shape index (κ3) is 3.33. The van der Waals surface area contributed by atoms with Crippen molar-refractivity contribution in [2.45, 2.75) is 13.3 Å². The van der Waals surface area contributed by atoms with E-state index in [1.807, 2.05) is 0 Å². The molecule has 0 saturated carbocycles. The van der Waals surface area contributed by atoms with Crippen LogP contribution in [0.15, 0.2) is 24.4 Å². The summed E-state index contributed by atoms with van der Waals surface area (Å²) in [6, 6.07) is 5.35. The van der Waals surface area contributed by atoms with E-state index in [1.54, 1.807) is 31.3 Å². The summed E-state index contributed by atoms with van der Waals surface area (Å²) < 4.78 is 4.36. The van der Waals surface area contributed by atoms with E-state index in [4.69, 9.17) is 5.53 Å². The minimum atomic E-state index is -0.949. The zero-order valence-corrected chi connectivity index (χ0v) is 10.2. The van der Waals surface area contributed by atoms with E-state index in [2.05, 4.69) is 14.5 Å². The van der Waals surface area contributed by atoms with E-state index in [0.29, 0.717) is 6.42 Å². The van der Waals surface area contributed by atoms with Crippen molar-refractivity contribution in [3.05, 3.63) is 35.6 Å². The molecule has 1 aromatic heterocycles. The monoisotopic (exact) mass is 247 g/mol. The van der Waals surface area contributed by atoms with Gasteiger partial charge in [-0.3, -0.25) is 9.78 Å². The van der Waals surface area contributed by atoms with Gasteiger partial charge in [-0.15, -0.1) is 0 Å². The van der Waals surface area contributed by atoms with Crippen LogP contribution in [-0.2, 0) is 20.7 Å². The van der Waals surface area contributed by atoms with Crippen LogP contribution in [0.4, 0.5) is 0 Å². The van der Waals surface area contributed by atoms with Crippen LogP contribution in [0.2, 0.25) is 0 Å². The van der Waals surface area contributed by atoms with Crippen molar-refractivity contribution in [3.63, 3.8) is 0 Å². The van der Waals surface area contributed by atoms with Crippen LogP contribution in [0.25, 0.3) is 5.53 Å². The van der Waals surface area contributed by atoms with Crippen LogP contribution in [0.5, 0.6) is 0 Å². The fraction of sp³-hybridized carbons (Fsp3) is 0.333. The van der Waals surface area contributed by atoms with Crippen molar-refractivity contribution in [2.75, 3.05) is 7.11 Å². The Bertz CT molecular complexity index is 493. The first-order chi connectivity index (χ1) is 8.60. The first-order valence-corrected chi connectivity index (χ1v) is 5.34. The highest BCUT2D eigenvalue weighted by molar-refractivity contribution is 6.62. The summed E-state index contributed by atoms with van der Waals surface area (Å²) in [6.07, 6.45) is 1.98. The molecule has 0 aliphatic heterocycles. The Morgan fingerprint density at radius 1 is 1.50 bits per heavy atom. The first kappa shape index (κ1) is 13.7. The maximum Gasteiger partial charge on any atom is 0.441 e. The number of hydrogen-bond acceptors (Lipinski definition) is 4. The van der Waals surface area contributed by atoms with Gasteiger partial charge in [-0.2, -0.15) is 4.79 Å². The minimum absolute atomic E-state index is 0.357. The van der Waals surface area contributed by atoms with Crippen LogP contribution >= 0.6 is 0 Å². The average molecular weight is 247 g/mol. The average Bonchev–Trinajstić information content (AvgIpc) is 2.40. The lowest BCUT2D eigenvalue weighted by atomic mass is 9.97. The molecule has 1 atom stereocenters. The fourth-order valence-electron chi connectivity index (χ4n) is 1.45. The van der Waals surface area contributed by atoms with Crippen molar-refractivity contribution in [1.82, 2.24) is 4.98 Å². The van der Waals surface area contributed by atoms with E-state index in [-0.39, 0.29) is 0 Å². The molecule has 0 bridgehead atoms. The van der Waals surface area contributed by atoms with Gasteiger partial charge in [-0.1, -0.05) is 13.0 Å². The molecule has 18 heavy (non-hydrogen) atoms. The Hall–Kier alpha value is -2.33. The van der Waals surface area contributed by atoms with Crippen LogP contribution in [-0.4, -0.2) is 34.3 Å². The van der Waals surface area contributed by atoms with Crippen LogP contribution < -0.4 is 0 Å². The van der Waals surface area contributed by atoms with Crippen LogP contribution in [0.3, 0.4) is 0 Å². The molecule has 0 N–H and O–H groups in total. The maximum atomic E-state index is 11.9. The van der Waals surface area contributed by atoms with E-state index in [9.17, 15) is 9.59 Å². The van der Waals surface area contributed by atoms with Crippen LogP contribution in [0.1, 0.15) is 12.6 Å². The molecule has 94 valence electrons. The number of hydrogen-bond donors (Lipinski definition) is 0. The predicted molar refractivity (Wildman–Crippen MR) is 62.8 cm³/mol. The molecule has 6 heteroatoms. The second-order valence-electron chi connectivity index (χ2n) is 3.73. The lowest BCUT2D eigenvalue weighted by molar-refractivity contribution is -0.140. The summed E-state index contributed by atoms with van der Waals surface area (Å²) >= 11 is 0. The summed E-state index contributed by atoms with van der Waals surface area (Å²) in [6.45, 7) is 1.63. The summed E-state index contributed by atoms with van der Waals surface area (Å²) in [7, 11) is 1.12. The van der Waals surface area contributed by atoms with Gasteiger partial charge in [-0.25, -0.2) is 4.79 Å². The number of Topliss-reactive ketones (excluding diaryl/α,β-unsaturated/α-hetero) is 1.